The van der Waals surface area contributed by atoms with E-state index in [0.717, 1.165) is 5.56 Å². The van der Waals surface area contributed by atoms with Gasteiger partial charge in [-0.1, -0.05) is 18.2 Å². The largest absolute Gasteiger partial charge is 0.475 e. The summed E-state index contributed by atoms with van der Waals surface area (Å²) in [5, 5.41) is 2.84. The van der Waals surface area contributed by atoms with Crippen molar-refractivity contribution in [1.29, 1.82) is 0 Å². The van der Waals surface area contributed by atoms with Gasteiger partial charge in [-0.3, -0.25) is 9.78 Å². The van der Waals surface area contributed by atoms with Crippen LogP contribution in [0.1, 0.15) is 16.1 Å². The lowest BCUT2D eigenvalue weighted by molar-refractivity contribution is 0.102. The molecule has 0 fully saturated rings. The van der Waals surface area contributed by atoms with Crippen LogP contribution < -0.4 is 5.32 Å². The van der Waals surface area contributed by atoms with Crippen LogP contribution in [0.5, 0.6) is 0 Å². The van der Waals surface area contributed by atoms with Crippen molar-refractivity contribution >= 4 is 17.5 Å². The standard InChI is InChI=1S/C15H13N3O2/c19-14(13-7-3-4-8-16-13)18-12-6-2-1-5-11(12)15-17-9-10-20-15/h1-8H,9-10H2,(H,18,19). The zero-order valence-corrected chi connectivity index (χ0v) is 10.7. The molecule has 1 N–H and O–H groups in total. The highest BCUT2D eigenvalue weighted by Gasteiger charge is 2.16. The van der Waals surface area contributed by atoms with Gasteiger partial charge in [0.25, 0.3) is 5.91 Å². The van der Waals surface area contributed by atoms with Crippen molar-refractivity contribution in [1.82, 2.24) is 4.98 Å². The predicted octanol–water partition coefficient (Wildman–Crippen LogP) is 2.11. The molecule has 5 heteroatoms. The molecule has 0 unspecified atom stereocenters. The third kappa shape index (κ3) is 2.51. The van der Waals surface area contributed by atoms with Crippen LogP contribution in [0.4, 0.5) is 5.69 Å². The van der Waals surface area contributed by atoms with Gasteiger partial charge in [-0.2, -0.15) is 0 Å². The maximum Gasteiger partial charge on any atom is 0.274 e. The molecule has 100 valence electrons. The second-order valence-corrected chi connectivity index (χ2v) is 4.25. The normalized spacial score (nSPS) is 13.5. The molecule has 0 radical (unpaired) electrons. The SMILES string of the molecule is O=C(Nc1ccccc1C1=NCCO1)c1ccccn1. The van der Waals surface area contributed by atoms with Crippen molar-refractivity contribution < 1.29 is 9.53 Å². The van der Waals surface area contributed by atoms with E-state index in [2.05, 4.69) is 15.3 Å². The number of amides is 1. The number of aromatic nitrogens is 1. The molecule has 1 aliphatic rings. The molecular weight excluding hydrogens is 254 g/mol. The molecule has 3 rings (SSSR count). The van der Waals surface area contributed by atoms with E-state index >= 15 is 0 Å². The summed E-state index contributed by atoms with van der Waals surface area (Å²) in [7, 11) is 0. The van der Waals surface area contributed by atoms with Crippen molar-refractivity contribution in [3.63, 3.8) is 0 Å². The second kappa shape index (κ2) is 5.52. The first-order valence-electron chi connectivity index (χ1n) is 6.33. The third-order valence-electron chi connectivity index (χ3n) is 2.89. The summed E-state index contributed by atoms with van der Waals surface area (Å²) in [5.41, 5.74) is 1.83. The zero-order chi connectivity index (χ0) is 13.8. The Morgan fingerprint density at radius 1 is 1.15 bits per heavy atom. The van der Waals surface area contributed by atoms with Crippen LogP contribution in [-0.2, 0) is 4.74 Å². The number of pyridine rings is 1. The molecule has 2 aromatic rings. The number of benzene rings is 1. The van der Waals surface area contributed by atoms with Gasteiger partial charge in [-0.15, -0.1) is 0 Å². The fourth-order valence-electron chi connectivity index (χ4n) is 1.96. The van der Waals surface area contributed by atoms with E-state index in [1.807, 2.05) is 24.3 Å². The van der Waals surface area contributed by atoms with Crippen molar-refractivity contribution in [3.05, 3.63) is 59.9 Å². The molecule has 0 spiro atoms. The lowest BCUT2D eigenvalue weighted by atomic mass is 10.1. The first kappa shape index (κ1) is 12.3. The Morgan fingerprint density at radius 3 is 2.75 bits per heavy atom. The first-order valence-corrected chi connectivity index (χ1v) is 6.33. The van der Waals surface area contributed by atoms with E-state index in [9.17, 15) is 4.79 Å². The molecule has 0 aliphatic carbocycles. The number of nitrogens with zero attached hydrogens (tertiary/aromatic N) is 2. The van der Waals surface area contributed by atoms with E-state index in [1.54, 1.807) is 24.4 Å². The van der Waals surface area contributed by atoms with Crippen molar-refractivity contribution in [2.45, 2.75) is 0 Å². The van der Waals surface area contributed by atoms with Crippen LogP contribution in [-0.4, -0.2) is 29.9 Å². The lowest BCUT2D eigenvalue weighted by Gasteiger charge is -2.10. The topological polar surface area (TPSA) is 63.6 Å². The van der Waals surface area contributed by atoms with E-state index in [-0.39, 0.29) is 5.91 Å². The summed E-state index contributed by atoms with van der Waals surface area (Å²) >= 11 is 0. The van der Waals surface area contributed by atoms with Gasteiger partial charge >= 0.3 is 0 Å². The average Bonchev–Trinajstić information content (AvgIpc) is 3.03. The van der Waals surface area contributed by atoms with Crippen molar-refractivity contribution in [2.75, 3.05) is 18.5 Å². The number of anilines is 1. The van der Waals surface area contributed by atoms with Crippen LogP contribution in [0.2, 0.25) is 0 Å². The Kier molecular flexibility index (Phi) is 3.41. The molecule has 20 heavy (non-hydrogen) atoms. The first-order chi connectivity index (χ1) is 9.84. The van der Waals surface area contributed by atoms with Crippen LogP contribution >= 0.6 is 0 Å². The summed E-state index contributed by atoms with van der Waals surface area (Å²) in [4.78, 5) is 20.4. The molecule has 2 heterocycles. The summed E-state index contributed by atoms with van der Waals surface area (Å²) in [5.74, 6) is 0.318. The number of aliphatic imine (C=N–C) groups is 1. The zero-order valence-electron chi connectivity index (χ0n) is 10.7. The predicted molar refractivity (Wildman–Crippen MR) is 76.0 cm³/mol. The van der Waals surface area contributed by atoms with Crippen molar-refractivity contribution in [3.8, 4) is 0 Å². The Hall–Kier alpha value is -2.69. The Balaban J connectivity index is 1.86. The molecule has 1 amide bonds. The maximum atomic E-state index is 12.1. The molecule has 1 aromatic heterocycles. The van der Waals surface area contributed by atoms with Gasteiger partial charge in [0.2, 0.25) is 5.90 Å². The summed E-state index contributed by atoms with van der Waals surface area (Å²) in [6.45, 7) is 1.23. The molecule has 5 nitrogen and oxygen atoms in total. The minimum absolute atomic E-state index is 0.253. The van der Waals surface area contributed by atoms with E-state index in [4.69, 9.17) is 4.74 Å². The maximum absolute atomic E-state index is 12.1. The van der Waals surface area contributed by atoms with Crippen molar-refractivity contribution in [2.24, 2.45) is 4.99 Å². The molecular formula is C15H13N3O2. The van der Waals surface area contributed by atoms with Gasteiger partial charge in [-0.05, 0) is 24.3 Å². The van der Waals surface area contributed by atoms with Crippen LogP contribution in [0.15, 0.2) is 53.7 Å². The molecule has 1 aliphatic heterocycles. The molecule has 0 saturated carbocycles. The summed E-state index contributed by atoms with van der Waals surface area (Å²) in [6.07, 6.45) is 1.59. The molecule has 0 atom stereocenters. The smallest absolute Gasteiger partial charge is 0.274 e. The molecule has 1 aromatic carbocycles. The Labute approximate surface area is 116 Å². The van der Waals surface area contributed by atoms with Crippen LogP contribution in [0, 0.1) is 0 Å². The van der Waals surface area contributed by atoms with E-state index < -0.39 is 0 Å². The highest BCUT2D eigenvalue weighted by atomic mass is 16.5. The fourth-order valence-corrected chi connectivity index (χ4v) is 1.96. The van der Waals surface area contributed by atoms with Gasteiger partial charge in [0.15, 0.2) is 0 Å². The highest BCUT2D eigenvalue weighted by molar-refractivity contribution is 6.08. The summed E-state index contributed by atoms with van der Waals surface area (Å²) < 4.78 is 5.45. The number of hydrogen-bond donors (Lipinski definition) is 1. The minimum atomic E-state index is -0.253. The average molecular weight is 267 g/mol. The van der Waals surface area contributed by atoms with E-state index in [0.29, 0.717) is 30.4 Å². The fraction of sp³-hybridized carbons (Fsp3) is 0.133. The number of nitrogens with one attached hydrogen (secondary N) is 1. The van der Waals surface area contributed by atoms with Crippen LogP contribution in [0.25, 0.3) is 0 Å². The number of hydrogen-bond acceptors (Lipinski definition) is 4. The minimum Gasteiger partial charge on any atom is -0.475 e. The number of ether oxygens (including phenoxy) is 1. The quantitative estimate of drug-likeness (QED) is 0.926. The highest BCUT2D eigenvalue weighted by Crippen LogP contribution is 2.19. The lowest BCUT2D eigenvalue weighted by Crippen LogP contribution is -2.16. The van der Waals surface area contributed by atoms with Gasteiger partial charge in [0, 0.05) is 6.20 Å². The van der Waals surface area contributed by atoms with Gasteiger partial charge in [-0.25, -0.2) is 4.99 Å². The summed E-state index contributed by atoms with van der Waals surface area (Å²) in [6, 6.07) is 12.6. The molecule has 0 saturated heterocycles. The number of carbonyl (C=O) groups excluding carboxylic acids is 1. The molecule has 0 bridgehead atoms. The van der Waals surface area contributed by atoms with Crippen LogP contribution in [0.3, 0.4) is 0 Å². The third-order valence-corrected chi connectivity index (χ3v) is 2.89. The van der Waals surface area contributed by atoms with Gasteiger partial charge < -0.3 is 10.1 Å². The number of carbonyl (C=O) groups is 1. The monoisotopic (exact) mass is 267 g/mol. The van der Waals surface area contributed by atoms with E-state index in [1.165, 1.54) is 0 Å². The second-order valence-electron chi connectivity index (χ2n) is 4.25. The van der Waals surface area contributed by atoms with Gasteiger partial charge in [0.05, 0.1) is 17.8 Å². The Morgan fingerprint density at radius 2 is 2.00 bits per heavy atom. The number of para-hydroxylation sites is 1. The Bertz CT molecular complexity index is 653. The number of rotatable bonds is 3. The van der Waals surface area contributed by atoms with Gasteiger partial charge in [0.1, 0.15) is 12.3 Å².